The van der Waals surface area contributed by atoms with Gasteiger partial charge in [-0.3, -0.25) is 0 Å². The van der Waals surface area contributed by atoms with Crippen LogP contribution in [0.15, 0.2) is 11.8 Å². The first-order chi connectivity index (χ1) is 11.3. The van der Waals surface area contributed by atoms with E-state index in [-0.39, 0.29) is 18.2 Å². The standard InChI is InChI=1S/C19H29NO3/c1-2-3-4-5-6-7-8-9-10-11-12-13-14-17-18-16(15-22-17)20-19(21)23-18/h14,16,18H,2-11,15H2,1H3,(H,20,21)/b17-14-/t16-,18-/m0/s1. The SMILES string of the molecule is CCCCCCCCCCCC#C/C=C1\OC[C@@H]2NC(=O)O[C@H]12. The van der Waals surface area contributed by atoms with Crippen LogP contribution in [0.2, 0.25) is 0 Å². The number of carbonyl (C=O) groups is 1. The molecule has 4 heteroatoms. The Bertz CT molecular complexity index is 461. The average Bonchev–Trinajstić information content (AvgIpc) is 3.08. The number of allylic oxidation sites excluding steroid dienone is 1. The Kier molecular flexibility index (Phi) is 7.86. The summed E-state index contributed by atoms with van der Waals surface area (Å²) in [6, 6.07) is -0.0483. The number of rotatable bonds is 9. The summed E-state index contributed by atoms with van der Waals surface area (Å²) >= 11 is 0. The van der Waals surface area contributed by atoms with Gasteiger partial charge in [0.1, 0.15) is 18.4 Å². The smallest absolute Gasteiger partial charge is 0.408 e. The number of carbonyl (C=O) groups excluding carboxylic acids is 1. The molecule has 2 atom stereocenters. The highest BCUT2D eigenvalue weighted by Crippen LogP contribution is 2.25. The summed E-state index contributed by atoms with van der Waals surface area (Å²) in [5.41, 5.74) is 0. The highest BCUT2D eigenvalue weighted by atomic mass is 16.6. The van der Waals surface area contributed by atoms with Crippen LogP contribution in [0.4, 0.5) is 4.79 Å². The zero-order valence-corrected chi connectivity index (χ0v) is 14.2. The summed E-state index contributed by atoms with van der Waals surface area (Å²) in [6.45, 7) is 2.73. The number of nitrogens with one attached hydrogen (secondary N) is 1. The van der Waals surface area contributed by atoms with Gasteiger partial charge in [0, 0.05) is 12.5 Å². The Labute approximate surface area is 140 Å². The van der Waals surface area contributed by atoms with Crippen molar-refractivity contribution in [1.82, 2.24) is 5.32 Å². The molecule has 0 aromatic heterocycles. The van der Waals surface area contributed by atoms with E-state index in [0.717, 1.165) is 12.8 Å². The Balaban J connectivity index is 1.50. The van der Waals surface area contributed by atoms with E-state index < -0.39 is 0 Å². The van der Waals surface area contributed by atoms with Gasteiger partial charge in [-0.15, -0.1) is 0 Å². The van der Waals surface area contributed by atoms with Gasteiger partial charge in [0.2, 0.25) is 0 Å². The fraction of sp³-hybridized carbons (Fsp3) is 0.737. The first-order valence-electron chi connectivity index (χ1n) is 9.09. The molecule has 128 valence electrons. The van der Waals surface area contributed by atoms with Gasteiger partial charge >= 0.3 is 6.09 Å². The van der Waals surface area contributed by atoms with Crippen molar-refractivity contribution in [2.45, 2.75) is 83.3 Å². The van der Waals surface area contributed by atoms with Gasteiger partial charge in [0.15, 0.2) is 6.10 Å². The second-order valence-electron chi connectivity index (χ2n) is 6.33. The number of amides is 1. The van der Waals surface area contributed by atoms with E-state index in [4.69, 9.17) is 9.47 Å². The predicted octanol–water partition coefficient (Wildman–Crippen LogP) is 4.30. The van der Waals surface area contributed by atoms with E-state index in [1.54, 1.807) is 6.08 Å². The van der Waals surface area contributed by atoms with Crippen molar-refractivity contribution in [1.29, 1.82) is 0 Å². The molecular formula is C19H29NO3. The molecule has 1 amide bonds. The number of fused-ring (bicyclic) bond motifs is 1. The number of ether oxygens (including phenoxy) is 2. The topological polar surface area (TPSA) is 47.6 Å². The molecule has 2 rings (SSSR count). The van der Waals surface area contributed by atoms with E-state index in [2.05, 4.69) is 24.1 Å². The average molecular weight is 319 g/mol. The second kappa shape index (κ2) is 10.2. The minimum Gasteiger partial charge on any atom is -0.491 e. The van der Waals surface area contributed by atoms with Gasteiger partial charge in [0.05, 0.1) is 0 Å². The molecule has 2 fully saturated rings. The molecule has 0 saturated carbocycles. The van der Waals surface area contributed by atoms with Crippen LogP contribution in [-0.2, 0) is 9.47 Å². The van der Waals surface area contributed by atoms with Crippen LogP contribution in [0.5, 0.6) is 0 Å². The third-order valence-electron chi connectivity index (χ3n) is 4.33. The molecule has 0 radical (unpaired) electrons. The van der Waals surface area contributed by atoms with Crippen molar-refractivity contribution in [3.63, 3.8) is 0 Å². The first-order valence-corrected chi connectivity index (χ1v) is 9.09. The maximum atomic E-state index is 11.1. The Morgan fingerprint density at radius 1 is 1.13 bits per heavy atom. The molecule has 4 nitrogen and oxygen atoms in total. The Hall–Kier alpha value is -1.63. The van der Waals surface area contributed by atoms with Crippen LogP contribution in [0.1, 0.15) is 71.1 Å². The Morgan fingerprint density at radius 3 is 2.57 bits per heavy atom. The van der Waals surface area contributed by atoms with Crippen molar-refractivity contribution >= 4 is 6.09 Å². The Morgan fingerprint density at radius 2 is 1.83 bits per heavy atom. The number of unbranched alkanes of at least 4 members (excludes halogenated alkanes) is 9. The number of alkyl carbamates (subject to hydrolysis) is 1. The van der Waals surface area contributed by atoms with Crippen LogP contribution in [0, 0.1) is 11.8 Å². The van der Waals surface area contributed by atoms with E-state index in [0.29, 0.717) is 12.4 Å². The molecule has 23 heavy (non-hydrogen) atoms. The van der Waals surface area contributed by atoms with Crippen molar-refractivity contribution < 1.29 is 14.3 Å². The lowest BCUT2D eigenvalue weighted by Gasteiger charge is -2.03. The monoisotopic (exact) mass is 319 g/mol. The first kappa shape index (κ1) is 17.7. The van der Waals surface area contributed by atoms with E-state index in [9.17, 15) is 4.79 Å². The molecule has 0 aromatic carbocycles. The molecule has 0 aromatic rings. The third kappa shape index (κ3) is 6.17. The second-order valence-corrected chi connectivity index (χ2v) is 6.33. The zero-order valence-electron chi connectivity index (χ0n) is 14.2. The maximum absolute atomic E-state index is 11.1. The molecule has 2 aliphatic heterocycles. The predicted molar refractivity (Wildman–Crippen MR) is 90.8 cm³/mol. The number of hydrogen-bond donors (Lipinski definition) is 1. The molecule has 2 heterocycles. The minimum absolute atomic E-state index is 0.0483. The fourth-order valence-electron chi connectivity index (χ4n) is 2.95. The summed E-state index contributed by atoms with van der Waals surface area (Å²) in [5.74, 6) is 6.85. The third-order valence-corrected chi connectivity index (χ3v) is 4.33. The lowest BCUT2D eigenvalue weighted by Crippen LogP contribution is -2.29. The molecule has 2 saturated heterocycles. The highest BCUT2D eigenvalue weighted by molar-refractivity contribution is 5.71. The van der Waals surface area contributed by atoms with Crippen LogP contribution >= 0.6 is 0 Å². The van der Waals surface area contributed by atoms with Crippen LogP contribution in [0.3, 0.4) is 0 Å². The summed E-state index contributed by atoms with van der Waals surface area (Å²) in [4.78, 5) is 11.1. The van der Waals surface area contributed by atoms with E-state index >= 15 is 0 Å². The van der Waals surface area contributed by atoms with Crippen molar-refractivity contribution in [3.8, 4) is 11.8 Å². The van der Waals surface area contributed by atoms with Crippen LogP contribution in [0.25, 0.3) is 0 Å². The quantitative estimate of drug-likeness (QED) is 0.509. The molecule has 1 N–H and O–H groups in total. The van der Waals surface area contributed by atoms with Crippen LogP contribution in [-0.4, -0.2) is 24.8 Å². The van der Waals surface area contributed by atoms with Gasteiger partial charge in [-0.1, -0.05) is 70.1 Å². The van der Waals surface area contributed by atoms with Crippen molar-refractivity contribution in [2.24, 2.45) is 0 Å². The molecule has 2 aliphatic rings. The lowest BCUT2D eigenvalue weighted by atomic mass is 10.1. The van der Waals surface area contributed by atoms with Crippen molar-refractivity contribution in [2.75, 3.05) is 6.61 Å². The summed E-state index contributed by atoms with van der Waals surface area (Å²) < 4.78 is 10.6. The van der Waals surface area contributed by atoms with E-state index in [1.165, 1.54) is 51.4 Å². The van der Waals surface area contributed by atoms with Gasteiger partial charge in [-0.25, -0.2) is 4.79 Å². The summed E-state index contributed by atoms with van der Waals surface area (Å²) in [7, 11) is 0. The van der Waals surface area contributed by atoms with Gasteiger partial charge in [-0.05, 0) is 6.42 Å². The summed E-state index contributed by atoms with van der Waals surface area (Å²) in [5, 5.41) is 2.72. The highest BCUT2D eigenvalue weighted by Gasteiger charge is 2.43. The summed E-state index contributed by atoms with van der Waals surface area (Å²) in [6.07, 6.45) is 14.0. The van der Waals surface area contributed by atoms with Gasteiger partial charge in [-0.2, -0.15) is 0 Å². The largest absolute Gasteiger partial charge is 0.491 e. The molecule has 0 unspecified atom stereocenters. The van der Waals surface area contributed by atoms with Crippen LogP contribution < -0.4 is 5.32 Å². The lowest BCUT2D eigenvalue weighted by molar-refractivity contribution is 0.137. The van der Waals surface area contributed by atoms with Gasteiger partial charge < -0.3 is 14.8 Å². The molecule has 0 aliphatic carbocycles. The normalized spacial score (nSPS) is 23.7. The van der Waals surface area contributed by atoms with E-state index in [1.807, 2.05) is 0 Å². The molecule has 0 bridgehead atoms. The van der Waals surface area contributed by atoms with Crippen molar-refractivity contribution in [3.05, 3.63) is 11.8 Å². The maximum Gasteiger partial charge on any atom is 0.408 e. The molecule has 0 spiro atoms. The van der Waals surface area contributed by atoms with Gasteiger partial charge in [0.25, 0.3) is 0 Å². The zero-order chi connectivity index (χ0) is 16.3. The molecular weight excluding hydrogens is 290 g/mol. The number of hydrogen-bond acceptors (Lipinski definition) is 3. The minimum atomic E-state index is -0.364. The fourth-order valence-corrected chi connectivity index (χ4v) is 2.95.